The van der Waals surface area contributed by atoms with E-state index in [1.54, 1.807) is 6.92 Å². The topological polar surface area (TPSA) is 52.6 Å². The van der Waals surface area contributed by atoms with Gasteiger partial charge in [0.15, 0.2) is 0 Å². The molecule has 0 spiro atoms. The zero-order chi connectivity index (χ0) is 13.3. The molecule has 0 aromatic heterocycles. The SMILES string of the molecule is CCCCC(CC)C(=O)OC(=O)OC(C)CC. The predicted molar refractivity (Wildman–Crippen MR) is 65.6 cm³/mol. The number of hydrogen-bond donors (Lipinski definition) is 0. The summed E-state index contributed by atoms with van der Waals surface area (Å²) in [7, 11) is 0. The standard InChI is InChI=1S/C13H24O4/c1-5-8-9-11(7-3)12(14)17-13(15)16-10(4)6-2/h10-11H,5-9H2,1-4H3. The average Bonchev–Trinajstić information content (AvgIpc) is 2.29. The molecule has 0 amide bonds. The fraction of sp³-hybridized carbons (Fsp3) is 0.846. The van der Waals surface area contributed by atoms with Gasteiger partial charge in [-0.1, -0.05) is 33.6 Å². The van der Waals surface area contributed by atoms with Crippen LogP contribution in [-0.2, 0) is 14.3 Å². The van der Waals surface area contributed by atoms with Crippen molar-refractivity contribution < 1.29 is 19.1 Å². The average molecular weight is 244 g/mol. The first-order valence-corrected chi connectivity index (χ1v) is 6.47. The third kappa shape index (κ3) is 6.97. The Balaban J connectivity index is 4.07. The quantitative estimate of drug-likeness (QED) is 0.506. The first kappa shape index (κ1) is 15.9. The molecule has 0 aliphatic rings. The molecule has 0 aliphatic heterocycles. The van der Waals surface area contributed by atoms with Gasteiger partial charge in [-0.15, -0.1) is 0 Å². The van der Waals surface area contributed by atoms with E-state index in [0.717, 1.165) is 19.3 Å². The molecule has 17 heavy (non-hydrogen) atoms. The van der Waals surface area contributed by atoms with Gasteiger partial charge >= 0.3 is 12.1 Å². The minimum absolute atomic E-state index is 0.195. The van der Waals surface area contributed by atoms with Gasteiger partial charge < -0.3 is 9.47 Å². The molecule has 4 heteroatoms. The van der Waals surface area contributed by atoms with Gasteiger partial charge in [-0.3, -0.25) is 4.79 Å². The van der Waals surface area contributed by atoms with Crippen LogP contribution < -0.4 is 0 Å². The molecule has 0 N–H and O–H groups in total. The fourth-order valence-electron chi connectivity index (χ4n) is 1.38. The zero-order valence-corrected chi connectivity index (χ0v) is 11.3. The van der Waals surface area contributed by atoms with Crippen LogP contribution >= 0.6 is 0 Å². The summed E-state index contributed by atoms with van der Waals surface area (Å²) in [4.78, 5) is 22.9. The fourth-order valence-corrected chi connectivity index (χ4v) is 1.38. The van der Waals surface area contributed by atoms with Crippen LogP contribution in [0.1, 0.15) is 59.8 Å². The lowest BCUT2D eigenvalue weighted by atomic mass is 10.00. The Morgan fingerprint density at radius 3 is 2.24 bits per heavy atom. The van der Waals surface area contributed by atoms with Crippen molar-refractivity contribution in [3.63, 3.8) is 0 Å². The molecule has 0 fully saturated rings. The van der Waals surface area contributed by atoms with Crippen LogP contribution in [-0.4, -0.2) is 18.2 Å². The summed E-state index contributed by atoms with van der Waals surface area (Å²) < 4.78 is 9.56. The lowest BCUT2D eigenvalue weighted by Crippen LogP contribution is -2.23. The molecular weight excluding hydrogens is 220 g/mol. The molecule has 0 aromatic rings. The summed E-state index contributed by atoms with van der Waals surface area (Å²) in [5.74, 6) is -0.659. The summed E-state index contributed by atoms with van der Waals surface area (Å²) >= 11 is 0. The lowest BCUT2D eigenvalue weighted by Gasteiger charge is -2.14. The Hall–Kier alpha value is -1.06. The second-order valence-corrected chi connectivity index (χ2v) is 4.26. The van der Waals surface area contributed by atoms with Crippen LogP contribution in [0, 0.1) is 5.92 Å². The van der Waals surface area contributed by atoms with Crippen molar-refractivity contribution >= 4 is 12.1 Å². The summed E-state index contributed by atoms with van der Waals surface area (Å²) in [5.41, 5.74) is 0. The number of carbonyl (C=O) groups is 2. The van der Waals surface area contributed by atoms with Gasteiger partial charge in [0.05, 0.1) is 5.92 Å². The molecule has 0 saturated carbocycles. The van der Waals surface area contributed by atoms with E-state index >= 15 is 0 Å². The summed E-state index contributed by atoms with van der Waals surface area (Å²) in [6.07, 6.45) is 3.06. The number of unbranched alkanes of at least 4 members (excludes halogenated alkanes) is 1. The van der Waals surface area contributed by atoms with E-state index in [1.807, 2.05) is 13.8 Å². The maximum atomic E-state index is 11.6. The highest BCUT2D eigenvalue weighted by Gasteiger charge is 2.22. The van der Waals surface area contributed by atoms with Crippen LogP contribution in [0.25, 0.3) is 0 Å². The van der Waals surface area contributed by atoms with E-state index < -0.39 is 12.1 Å². The van der Waals surface area contributed by atoms with Gasteiger partial charge in [-0.25, -0.2) is 4.79 Å². The lowest BCUT2D eigenvalue weighted by molar-refractivity contribution is -0.145. The Morgan fingerprint density at radius 1 is 1.12 bits per heavy atom. The van der Waals surface area contributed by atoms with Gasteiger partial charge in [0.2, 0.25) is 0 Å². The highest BCUT2D eigenvalue weighted by atomic mass is 16.7. The molecule has 4 nitrogen and oxygen atoms in total. The molecular formula is C13H24O4. The van der Waals surface area contributed by atoms with E-state index in [2.05, 4.69) is 11.7 Å². The predicted octanol–water partition coefficient (Wildman–Crippen LogP) is 3.68. The number of carbonyl (C=O) groups excluding carboxylic acids is 2. The minimum Gasteiger partial charge on any atom is -0.431 e. The number of rotatable bonds is 7. The smallest absolute Gasteiger partial charge is 0.431 e. The van der Waals surface area contributed by atoms with Crippen molar-refractivity contribution in [2.75, 3.05) is 0 Å². The molecule has 0 aromatic carbocycles. The maximum Gasteiger partial charge on any atom is 0.516 e. The molecule has 100 valence electrons. The van der Waals surface area contributed by atoms with Gasteiger partial charge in [0.25, 0.3) is 0 Å². The maximum absolute atomic E-state index is 11.6. The van der Waals surface area contributed by atoms with E-state index in [-0.39, 0.29) is 12.0 Å². The van der Waals surface area contributed by atoms with Gasteiger partial charge in [-0.2, -0.15) is 0 Å². The van der Waals surface area contributed by atoms with Crippen molar-refractivity contribution in [3.8, 4) is 0 Å². The Labute approximate surface area is 104 Å². The van der Waals surface area contributed by atoms with Gasteiger partial charge in [0, 0.05) is 0 Å². The monoisotopic (exact) mass is 244 g/mol. The van der Waals surface area contributed by atoms with Crippen LogP contribution in [0.2, 0.25) is 0 Å². The van der Waals surface area contributed by atoms with Gasteiger partial charge in [-0.05, 0) is 26.2 Å². The van der Waals surface area contributed by atoms with E-state index in [0.29, 0.717) is 12.8 Å². The largest absolute Gasteiger partial charge is 0.516 e. The van der Waals surface area contributed by atoms with E-state index in [4.69, 9.17) is 4.74 Å². The third-order valence-corrected chi connectivity index (χ3v) is 2.79. The summed E-state index contributed by atoms with van der Waals surface area (Å²) in [6.45, 7) is 7.65. The van der Waals surface area contributed by atoms with Crippen molar-refractivity contribution in [2.45, 2.75) is 65.9 Å². The molecule has 0 aliphatic carbocycles. The normalized spacial score (nSPS) is 13.9. The third-order valence-electron chi connectivity index (χ3n) is 2.79. The van der Waals surface area contributed by atoms with Crippen LogP contribution in [0.4, 0.5) is 4.79 Å². The highest BCUT2D eigenvalue weighted by molar-refractivity contribution is 5.83. The number of hydrogen-bond acceptors (Lipinski definition) is 4. The first-order chi connectivity index (χ1) is 8.04. The van der Waals surface area contributed by atoms with Crippen molar-refractivity contribution in [3.05, 3.63) is 0 Å². The molecule has 2 atom stereocenters. The Morgan fingerprint density at radius 2 is 1.76 bits per heavy atom. The highest BCUT2D eigenvalue weighted by Crippen LogP contribution is 2.15. The van der Waals surface area contributed by atoms with E-state index in [9.17, 15) is 9.59 Å². The Bertz CT molecular complexity index is 238. The first-order valence-electron chi connectivity index (χ1n) is 6.47. The molecule has 0 radical (unpaired) electrons. The second kappa shape index (κ2) is 9.02. The second-order valence-electron chi connectivity index (χ2n) is 4.26. The van der Waals surface area contributed by atoms with Crippen molar-refractivity contribution in [1.82, 2.24) is 0 Å². The summed E-state index contributed by atoms with van der Waals surface area (Å²) in [5, 5.41) is 0. The van der Waals surface area contributed by atoms with Crippen molar-refractivity contribution in [2.24, 2.45) is 5.92 Å². The minimum atomic E-state index is -0.876. The van der Waals surface area contributed by atoms with Gasteiger partial charge in [0.1, 0.15) is 6.10 Å². The number of esters is 1. The van der Waals surface area contributed by atoms with Crippen LogP contribution in [0.5, 0.6) is 0 Å². The molecule has 0 rings (SSSR count). The van der Waals surface area contributed by atoms with Crippen LogP contribution in [0.15, 0.2) is 0 Å². The zero-order valence-electron chi connectivity index (χ0n) is 11.3. The molecule has 0 heterocycles. The van der Waals surface area contributed by atoms with E-state index in [1.165, 1.54) is 0 Å². The molecule has 0 saturated heterocycles. The van der Waals surface area contributed by atoms with Crippen molar-refractivity contribution in [1.29, 1.82) is 0 Å². The summed E-state index contributed by atoms with van der Waals surface area (Å²) in [6, 6.07) is 0. The molecule has 2 unspecified atom stereocenters. The Kier molecular flexibility index (Phi) is 8.46. The molecule has 0 bridgehead atoms. The van der Waals surface area contributed by atoms with Crippen LogP contribution in [0.3, 0.4) is 0 Å². The number of ether oxygens (including phenoxy) is 2.